The van der Waals surface area contributed by atoms with E-state index in [1.807, 2.05) is 32.0 Å². The number of amides is 1. The minimum absolute atomic E-state index is 0.305. The maximum absolute atomic E-state index is 13.9. The molecule has 0 saturated heterocycles. The third kappa shape index (κ3) is 2.48. The van der Waals surface area contributed by atoms with Gasteiger partial charge in [0.2, 0.25) is 0 Å². The van der Waals surface area contributed by atoms with Crippen molar-refractivity contribution >= 4 is 27.5 Å². The lowest BCUT2D eigenvalue weighted by Gasteiger charge is -2.02. The van der Waals surface area contributed by atoms with Crippen LogP contribution in [-0.2, 0) is 7.05 Å². The Labute approximate surface area is 131 Å². The number of rotatable bonds is 1. The first-order chi connectivity index (χ1) is 10.5. The Morgan fingerprint density at radius 2 is 2.00 bits per heavy atom. The summed E-state index contributed by atoms with van der Waals surface area (Å²) in [6.45, 7) is 3.87. The molecule has 0 saturated carbocycles. The van der Waals surface area contributed by atoms with Crippen molar-refractivity contribution in [2.75, 3.05) is 0 Å². The van der Waals surface area contributed by atoms with E-state index in [2.05, 4.69) is 4.99 Å². The Kier molecular flexibility index (Phi) is 3.66. The van der Waals surface area contributed by atoms with Crippen LogP contribution in [0.2, 0.25) is 0 Å². The van der Waals surface area contributed by atoms with E-state index < -0.39 is 0 Å². The third-order valence-corrected chi connectivity index (χ3v) is 4.68. The maximum atomic E-state index is 13.9. The van der Waals surface area contributed by atoms with Gasteiger partial charge >= 0.3 is 0 Å². The molecule has 0 aliphatic rings. The van der Waals surface area contributed by atoms with E-state index in [9.17, 15) is 9.18 Å². The average molecular weight is 314 g/mol. The van der Waals surface area contributed by atoms with Gasteiger partial charge in [-0.05, 0) is 37.6 Å². The fourth-order valence-corrected chi connectivity index (χ4v) is 3.50. The lowest BCUT2D eigenvalue weighted by atomic mass is 10.1. The van der Waals surface area contributed by atoms with Crippen LogP contribution in [0.15, 0.2) is 41.4 Å². The van der Waals surface area contributed by atoms with Crippen LogP contribution >= 0.6 is 11.3 Å². The first-order valence-corrected chi connectivity index (χ1v) is 7.69. The van der Waals surface area contributed by atoms with Crippen LogP contribution in [0.1, 0.15) is 21.5 Å². The third-order valence-electron chi connectivity index (χ3n) is 3.58. The number of para-hydroxylation sites is 1. The fraction of sp³-hybridized carbons (Fsp3) is 0.176. The number of fused-ring (bicyclic) bond motifs is 1. The van der Waals surface area contributed by atoms with Gasteiger partial charge in [0.1, 0.15) is 5.82 Å². The molecule has 5 heteroatoms. The fourth-order valence-electron chi connectivity index (χ4n) is 2.46. The van der Waals surface area contributed by atoms with E-state index in [1.54, 1.807) is 23.7 Å². The van der Waals surface area contributed by atoms with Crippen LogP contribution < -0.4 is 4.80 Å². The molecule has 0 spiro atoms. The highest BCUT2D eigenvalue weighted by Gasteiger charge is 2.11. The van der Waals surface area contributed by atoms with Gasteiger partial charge in [-0.15, -0.1) is 0 Å². The molecule has 0 fully saturated rings. The molecule has 3 nitrogen and oxygen atoms in total. The molecule has 0 bridgehead atoms. The molecule has 0 atom stereocenters. The number of hydrogen-bond donors (Lipinski definition) is 0. The second-order valence-electron chi connectivity index (χ2n) is 5.27. The summed E-state index contributed by atoms with van der Waals surface area (Å²) in [5, 5.41) is 0. The first kappa shape index (κ1) is 14.7. The van der Waals surface area contributed by atoms with Crippen molar-refractivity contribution < 1.29 is 9.18 Å². The molecule has 0 aliphatic heterocycles. The molecule has 0 radical (unpaired) electrons. The van der Waals surface area contributed by atoms with Crippen LogP contribution in [0.4, 0.5) is 4.39 Å². The molecule has 1 heterocycles. The van der Waals surface area contributed by atoms with Crippen LogP contribution in [0, 0.1) is 19.7 Å². The molecule has 1 aromatic heterocycles. The summed E-state index contributed by atoms with van der Waals surface area (Å²) in [6, 6.07) is 10.5. The Balaban J connectivity index is 2.14. The van der Waals surface area contributed by atoms with Crippen molar-refractivity contribution in [1.29, 1.82) is 0 Å². The van der Waals surface area contributed by atoms with Crippen LogP contribution in [-0.4, -0.2) is 10.5 Å². The maximum Gasteiger partial charge on any atom is 0.279 e. The van der Waals surface area contributed by atoms with Gasteiger partial charge in [-0.1, -0.05) is 35.1 Å². The highest BCUT2D eigenvalue weighted by atomic mass is 32.1. The van der Waals surface area contributed by atoms with Gasteiger partial charge in [0.25, 0.3) is 5.91 Å². The molecule has 1 amide bonds. The summed E-state index contributed by atoms with van der Waals surface area (Å²) in [4.78, 5) is 17.1. The highest BCUT2D eigenvalue weighted by molar-refractivity contribution is 7.16. The zero-order chi connectivity index (χ0) is 15.9. The van der Waals surface area contributed by atoms with Gasteiger partial charge in [0, 0.05) is 12.6 Å². The van der Waals surface area contributed by atoms with Gasteiger partial charge in [0.05, 0.1) is 10.2 Å². The minimum Gasteiger partial charge on any atom is -0.317 e. The van der Waals surface area contributed by atoms with Crippen LogP contribution in [0.25, 0.3) is 10.2 Å². The summed E-state index contributed by atoms with van der Waals surface area (Å²) < 4.78 is 16.3. The summed E-state index contributed by atoms with van der Waals surface area (Å²) in [7, 11) is 1.72. The summed E-state index contributed by atoms with van der Waals surface area (Å²) in [5.41, 5.74) is 3.04. The van der Waals surface area contributed by atoms with E-state index in [0.717, 1.165) is 15.8 Å². The molecule has 0 unspecified atom stereocenters. The molecular formula is C17H15FN2OS. The Morgan fingerprint density at radius 1 is 1.23 bits per heavy atom. The number of aryl methyl sites for hydroxylation is 3. The summed E-state index contributed by atoms with van der Waals surface area (Å²) >= 11 is 1.31. The van der Waals surface area contributed by atoms with Crippen molar-refractivity contribution in [1.82, 2.24) is 4.57 Å². The first-order valence-electron chi connectivity index (χ1n) is 6.88. The van der Waals surface area contributed by atoms with Crippen LogP contribution in [0.3, 0.4) is 0 Å². The normalized spacial score (nSPS) is 12.1. The van der Waals surface area contributed by atoms with Crippen molar-refractivity contribution in [2.24, 2.45) is 12.0 Å². The monoisotopic (exact) mass is 314 g/mol. The second-order valence-corrected chi connectivity index (χ2v) is 6.27. The van der Waals surface area contributed by atoms with Crippen molar-refractivity contribution in [2.45, 2.75) is 13.8 Å². The topological polar surface area (TPSA) is 34.4 Å². The predicted molar refractivity (Wildman–Crippen MR) is 86.6 cm³/mol. The molecule has 0 aliphatic carbocycles. The summed E-state index contributed by atoms with van der Waals surface area (Å²) in [5.74, 6) is -0.614. The number of thiazole rings is 1. The van der Waals surface area contributed by atoms with Crippen LogP contribution in [0.5, 0.6) is 0 Å². The Morgan fingerprint density at radius 3 is 2.68 bits per heavy atom. The Bertz CT molecular complexity index is 953. The number of nitrogens with zero attached hydrogens (tertiary/aromatic N) is 2. The van der Waals surface area contributed by atoms with Gasteiger partial charge in [0.15, 0.2) is 4.80 Å². The van der Waals surface area contributed by atoms with Gasteiger partial charge < -0.3 is 4.57 Å². The smallest absolute Gasteiger partial charge is 0.279 e. The van der Waals surface area contributed by atoms with E-state index in [4.69, 9.17) is 0 Å². The molecule has 2 aromatic carbocycles. The van der Waals surface area contributed by atoms with Crippen molar-refractivity contribution in [3.8, 4) is 0 Å². The van der Waals surface area contributed by atoms with Crippen molar-refractivity contribution in [3.63, 3.8) is 0 Å². The molecule has 0 N–H and O–H groups in total. The molecule has 22 heavy (non-hydrogen) atoms. The minimum atomic E-state index is -0.309. The van der Waals surface area contributed by atoms with E-state index in [1.165, 1.54) is 17.4 Å². The number of carbonyl (C=O) groups is 1. The number of carbonyl (C=O) groups excluding carboxylic acids is 1. The number of benzene rings is 2. The number of aromatic nitrogens is 1. The second kappa shape index (κ2) is 5.50. The number of halogens is 1. The molecule has 3 aromatic rings. The molecular weight excluding hydrogens is 299 g/mol. The van der Waals surface area contributed by atoms with E-state index in [0.29, 0.717) is 15.9 Å². The van der Waals surface area contributed by atoms with Gasteiger partial charge in [-0.25, -0.2) is 4.39 Å². The lowest BCUT2D eigenvalue weighted by Crippen LogP contribution is -2.14. The highest BCUT2D eigenvalue weighted by Crippen LogP contribution is 2.19. The predicted octanol–water partition coefficient (Wildman–Crippen LogP) is 3.74. The van der Waals surface area contributed by atoms with Crippen molar-refractivity contribution in [3.05, 3.63) is 63.7 Å². The SMILES string of the molecule is Cc1ccc(C(=O)N=c2sc3cccc(F)c3n2C)c(C)c1. The Hall–Kier alpha value is -2.27. The van der Waals surface area contributed by atoms with E-state index >= 15 is 0 Å². The molecule has 3 rings (SSSR count). The largest absolute Gasteiger partial charge is 0.317 e. The van der Waals surface area contributed by atoms with Gasteiger partial charge in [-0.2, -0.15) is 4.99 Å². The van der Waals surface area contributed by atoms with E-state index in [-0.39, 0.29) is 11.7 Å². The zero-order valence-electron chi connectivity index (χ0n) is 12.6. The molecule has 112 valence electrons. The zero-order valence-corrected chi connectivity index (χ0v) is 13.4. The standard InChI is InChI=1S/C17H15FN2OS/c1-10-7-8-12(11(2)9-10)16(21)19-17-20(3)15-13(18)5-4-6-14(15)22-17/h4-9H,1-3H3. The van der Waals surface area contributed by atoms with Gasteiger partial charge in [-0.3, -0.25) is 4.79 Å². The quantitative estimate of drug-likeness (QED) is 0.674. The summed E-state index contributed by atoms with van der Waals surface area (Å²) in [6.07, 6.45) is 0. The lowest BCUT2D eigenvalue weighted by molar-refractivity contribution is 0.0997. The number of hydrogen-bond acceptors (Lipinski definition) is 2. The average Bonchev–Trinajstić information content (AvgIpc) is 2.76.